The molecule has 0 spiro atoms. The Kier molecular flexibility index (Phi) is 6.56. The van der Waals surface area contributed by atoms with E-state index < -0.39 is 41.9 Å². The maximum atomic E-state index is 13.5. The van der Waals surface area contributed by atoms with Crippen LogP contribution in [0, 0.1) is 0 Å². The Morgan fingerprint density at radius 1 is 1.39 bits per heavy atom. The number of carbonyl (C=O) groups excluding carboxylic acids is 3. The van der Waals surface area contributed by atoms with Crippen LogP contribution in [0.2, 0.25) is 0 Å². The largest absolute Gasteiger partial charge is 0.460 e. The van der Waals surface area contributed by atoms with Crippen molar-refractivity contribution in [2.45, 2.75) is 51.8 Å². The Bertz CT molecular complexity index is 813. The lowest BCUT2D eigenvalue weighted by Gasteiger charge is -2.26. The van der Waals surface area contributed by atoms with Crippen molar-refractivity contribution in [2.75, 3.05) is 6.61 Å². The van der Waals surface area contributed by atoms with Gasteiger partial charge in [0.2, 0.25) is 5.91 Å². The summed E-state index contributed by atoms with van der Waals surface area (Å²) in [7, 11) is 0. The standard InChI is InChI=1S/C20H25FN2O5/c1-20(2,3)28-17(25)8-7-16(18(22)26)23-10-15-12(9-13(21)11-24)5-4-6-14(15)19(23)27/h4-6,9,16,24H,7-8,10-11H2,1-3H3,(H2,22,26)/b13-9-. The van der Waals surface area contributed by atoms with Crippen LogP contribution < -0.4 is 5.73 Å². The van der Waals surface area contributed by atoms with E-state index in [0.29, 0.717) is 16.7 Å². The number of ether oxygens (including phenoxy) is 1. The Morgan fingerprint density at radius 3 is 2.64 bits per heavy atom. The fraction of sp³-hybridized carbons (Fsp3) is 0.450. The minimum Gasteiger partial charge on any atom is -0.460 e. The highest BCUT2D eigenvalue weighted by atomic mass is 19.1. The number of nitrogens with zero attached hydrogens (tertiary/aromatic N) is 1. The molecule has 1 heterocycles. The third kappa shape index (κ3) is 5.16. The lowest BCUT2D eigenvalue weighted by atomic mass is 10.0. The summed E-state index contributed by atoms with van der Waals surface area (Å²) in [5, 5.41) is 8.89. The van der Waals surface area contributed by atoms with E-state index in [0.717, 1.165) is 6.08 Å². The Labute approximate surface area is 163 Å². The number of rotatable bonds is 7. The van der Waals surface area contributed by atoms with Gasteiger partial charge in [-0.25, -0.2) is 4.39 Å². The number of hydrogen-bond acceptors (Lipinski definition) is 5. The summed E-state index contributed by atoms with van der Waals surface area (Å²) < 4.78 is 18.7. The maximum absolute atomic E-state index is 13.5. The van der Waals surface area contributed by atoms with Gasteiger partial charge < -0.3 is 20.5 Å². The number of hydrogen-bond donors (Lipinski definition) is 2. The quantitative estimate of drug-likeness (QED) is 0.689. The molecule has 3 N–H and O–H groups in total. The van der Waals surface area contributed by atoms with Crippen LogP contribution in [0.25, 0.3) is 6.08 Å². The number of aliphatic hydroxyl groups is 1. The van der Waals surface area contributed by atoms with E-state index >= 15 is 0 Å². The molecular formula is C20H25FN2O5. The zero-order valence-corrected chi connectivity index (χ0v) is 16.2. The number of esters is 1. The average molecular weight is 392 g/mol. The number of carbonyl (C=O) groups is 3. The van der Waals surface area contributed by atoms with Gasteiger partial charge in [-0.1, -0.05) is 12.1 Å². The van der Waals surface area contributed by atoms with E-state index in [-0.39, 0.29) is 19.4 Å². The second-order valence-electron chi connectivity index (χ2n) is 7.60. The van der Waals surface area contributed by atoms with Crippen LogP contribution in [0.5, 0.6) is 0 Å². The molecule has 28 heavy (non-hydrogen) atoms. The van der Waals surface area contributed by atoms with Crippen LogP contribution >= 0.6 is 0 Å². The van der Waals surface area contributed by atoms with Crippen LogP contribution in [-0.2, 0) is 20.9 Å². The third-order valence-corrected chi connectivity index (χ3v) is 4.24. The Balaban J connectivity index is 2.21. The number of benzene rings is 1. The van der Waals surface area contributed by atoms with Crippen molar-refractivity contribution >= 4 is 23.9 Å². The molecule has 0 aliphatic carbocycles. The van der Waals surface area contributed by atoms with Crippen LogP contribution in [0.1, 0.15) is 55.1 Å². The van der Waals surface area contributed by atoms with Crippen LogP contribution in [0.4, 0.5) is 4.39 Å². The van der Waals surface area contributed by atoms with Gasteiger partial charge in [-0.2, -0.15) is 0 Å². The first-order valence-electron chi connectivity index (χ1n) is 8.94. The molecule has 0 aromatic heterocycles. The number of primary amides is 1. The van der Waals surface area contributed by atoms with E-state index in [1.807, 2.05) is 0 Å². The zero-order chi connectivity index (χ0) is 21.1. The average Bonchev–Trinajstić information content (AvgIpc) is 2.91. The topological polar surface area (TPSA) is 110 Å². The fourth-order valence-electron chi connectivity index (χ4n) is 3.08. The molecule has 8 heteroatoms. The van der Waals surface area contributed by atoms with Gasteiger partial charge in [-0.3, -0.25) is 14.4 Å². The summed E-state index contributed by atoms with van der Waals surface area (Å²) in [6.45, 7) is 4.51. The number of amides is 2. The summed E-state index contributed by atoms with van der Waals surface area (Å²) >= 11 is 0. The normalized spacial score (nSPS) is 15.4. The molecule has 2 rings (SSSR count). The summed E-state index contributed by atoms with van der Waals surface area (Å²) in [6.07, 6.45) is 1.10. The number of fused-ring (bicyclic) bond motifs is 1. The highest BCUT2D eigenvalue weighted by molar-refractivity contribution is 6.02. The maximum Gasteiger partial charge on any atom is 0.306 e. The molecule has 0 radical (unpaired) electrons. The molecule has 1 unspecified atom stereocenters. The zero-order valence-electron chi connectivity index (χ0n) is 16.2. The Morgan fingerprint density at radius 2 is 2.07 bits per heavy atom. The van der Waals surface area contributed by atoms with Gasteiger partial charge in [-0.15, -0.1) is 0 Å². The van der Waals surface area contributed by atoms with Gasteiger partial charge in [0.05, 0.1) is 6.61 Å². The lowest BCUT2D eigenvalue weighted by molar-refractivity contribution is -0.155. The van der Waals surface area contributed by atoms with Gasteiger partial charge in [0.1, 0.15) is 17.5 Å². The van der Waals surface area contributed by atoms with E-state index in [1.54, 1.807) is 39.0 Å². The molecule has 0 bridgehead atoms. The molecule has 0 saturated heterocycles. The smallest absolute Gasteiger partial charge is 0.306 e. The third-order valence-electron chi connectivity index (χ3n) is 4.24. The molecule has 2 amide bonds. The first kappa shape index (κ1) is 21.6. The van der Waals surface area contributed by atoms with Crippen molar-refractivity contribution in [3.63, 3.8) is 0 Å². The Hall–Kier alpha value is -2.74. The first-order chi connectivity index (χ1) is 13.0. The number of halogens is 1. The van der Waals surface area contributed by atoms with Gasteiger partial charge >= 0.3 is 5.97 Å². The molecule has 0 fully saturated rings. The highest BCUT2D eigenvalue weighted by Gasteiger charge is 2.36. The number of aliphatic hydroxyl groups excluding tert-OH is 1. The van der Waals surface area contributed by atoms with Crippen molar-refractivity contribution in [3.05, 3.63) is 40.7 Å². The van der Waals surface area contributed by atoms with Crippen molar-refractivity contribution < 1.29 is 28.6 Å². The summed E-state index contributed by atoms with van der Waals surface area (Å²) in [6, 6.07) is 3.80. The van der Waals surface area contributed by atoms with Gasteiger partial charge in [0, 0.05) is 18.5 Å². The van der Waals surface area contributed by atoms with Gasteiger partial charge in [0.25, 0.3) is 5.91 Å². The number of nitrogens with two attached hydrogens (primary N) is 1. The van der Waals surface area contributed by atoms with E-state index in [9.17, 15) is 18.8 Å². The summed E-state index contributed by atoms with van der Waals surface area (Å²) in [5.74, 6) is -2.38. The first-order valence-corrected chi connectivity index (χ1v) is 8.94. The summed E-state index contributed by atoms with van der Waals surface area (Å²) in [4.78, 5) is 38.0. The lowest BCUT2D eigenvalue weighted by Crippen LogP contribution is -2.45. The van der Waals surface area contributed by atoms with Crippen molar-refractivity contribution in [1.29, 1.82) is 0 Å². The monoisotopic (exact) mass is 392 g/mol. The second-order valence-corrected chi connectivity index (χ2v) is 7.60. The molecule has 1 aliphatic heterocycles. The van der Waals surface area contributed by atoms with Crippen molar-refractivity contribution in [1.82, 2.24) is 4.90 Å². The van der Waals surface area contributed by atoms with Gasteiger partial charge in [-0.05, 0) is 50.5 Å². The predicted octanol–water partition coefficient (Wildman–Crippen LogP) is 1.92. The van der Waals surface area contributed by atoms with E-state index in [4.69, 9.17) is 15.6 Å². The van der Waals surface area contributed by atoms with Crippen LogP contribution in [0.3, 0.4) is 0 Å². The molecule has 152 valence electrons. The predicted molar refractivity (Wildman–Crippen MR) is 101 cm³/mol. The van der Waals surface area contributed by atoms with Crippen LogP contribution in [-0.4, -0.2) is 46.0 Å². The highest BCUT2D eigenvalue weighted by Crippen LogP contribution is 2.30. The molecule has 7 nitrogen and oxygen atoms in total. The second kappa shape index (κ2) is 8.52. The molecule has 0 saturated carbocycles. The van der Waals surface area contributed by atoms with Gasteiger partial charge in [0.15, 0.2) is 0 Å². The molecular weight excluding hydrogens is 367 g/mol. The van der Waals surface area contributed by atoms with Crippen LogP contribution in [0.15, 0.2) is 24.0 Å². The molecule has 1 atom stereocenters. The fourth-order valence-corrected chi connectivity index (χ4v) is 3.08. The minimum absolute atomic E-state index is 0.0279. The van der Waals surface area contributed by atoms with E-state index in [1.165, 1.54) is 4.90 Å². The SMILES string of the molecule is CC(C)(C)OC(=O)CCC(C(N)=O)N1Cc2c(/C=C(\F)CO)cccc2C1=O. The molecule has 1 aliphatic rings. The molecule has 1 aromatic carbocycles. The van der Waals surface area contributed by atoms with Crippen molar-refractivity contribution in [2.24, 2.45) is 5.73 Å². The van der Waals surface area contributed by atoms with E-state index in [2.05, 4.69) is 0 Å². The minimum atomic E-state index is -0.994. The molecule has 1 aromatic rings. The summed E-state index contributed by atoms with van der Waals surface area (Å²) in [5.41, 5.74) is 6.14. The van der Waals surface area contributed by atoms with Crippen molar-refractivity contribution in [3.8, 4) is 0 Å².